The van der Waals surface area contributed by atoms with Crippen molar-refractivity contribution in [2.24, 2.45) is 0 Å². The predicted octanol–water partition coefficient (Wildman–Crippen LogP) is 1.05. The van der Waals surface area contributed by atoms with Crippen molar-refractivity contribution in [2.75, 3.05) is 21.1 Å². The Kier molecular flexibility index (Phi) is 2.44. The van der Waals surface area contributed by atoms with E-state index in [0.717, 1.165) is 13.0 Å². The van der Waals surface area contributed by atoms with E-state index in [0.29, 0.717) is 0 Å². The minimum atomic E-state index is -4.96. The molecule has 0 aromatic carbocycles. The van der Waals surface area contributed by atoms with E-state index in [2.05, 4.69) is 18.9 Å². The summed E-state index contributed by atoms with van der Waals surface area (Å²) in [5.41, 5.74) is 0. The molecule has 1 N–H and O–H groups in total. The molecule has 0 spiro atoms. The fourth-order valence-corrected chi connectivity index (χ4v) is 1.03. The molecule has 0 aromatic heterocycles. The average molecular weight is 229 g/mol. The first-order valence-electron chi connectivity index (χ1n) is 6.37. The summed E-state index contributed by atoms with van der Waals surface area (Å²) in [4.78, 5) is 11.0. The van der Waals surface area contributed by atoms with E-state index >= 15 is 0 Å². The lowest BCUT2D eigenvalue weighted by Gasteiger charge is -2.13. The molecule has 7 heteroatoms. The Morgan fingerprint density at radius 2 is 2.07 bits per heavy atom. The third-order valence-electron chi connectivity index (χ3n) is 1.06. The van der Waals surface area contributed by atoms with E-state index in [1.807, 2.05) is 0 Å². The predicted molar refractivity (Wildman–Crippen MR) is 50.5 cm³/mol. The highest BCUT2D eigenvalue weighted by Crippen LogP contribution is 2.49. The Balaban J connectivity index is 5.19. The van der Waals surface area contributed by atoms with Gasteiger partial charge in [0.25, 0.3) is 0 Å². The molecule has 0 bridgehead atoms. The molecule has 0 heterocycles. The number of rotatable bonds is 5. The Labute approximate surface area is 91.3 Å². The first-order chi connectivity index (χ1) is 8.76. The normalized spacial score (nSPS) is 20.6. The molecule has 0 saturated carbocycles. The van der Waals surface area contributed by atoms with Crippen LogP contribution in [0, 0.1) is 0 Å². The molecule has 0 unspecified atom stereocenters. The Morgan fingerprint density at radius 3 is 2.50 bits per heavy atom. The first-order valence-corrected chi connectivity index (χ1v) is 4.83. The van der Waals surface area contributed by atoms with Crippen LogP contribution < -0.4 is 5.32 Å². The van der Waals surface area contributed by atoms with Gasteiger partial charge in [0, 0.05) is 27.2 Å². The Bertz CT molecular complexity index is 410. The van der Waals surface area contributed by atoms with Crippen molar-refractivity contribution in [3.8, 4) is 0 Å². The number of carbonyl (C=O) groups is 1. The van der Waals surface area contributed by atoms with Crippen molar-refractivity contribution in [1.82, 2.24) is 5.32 Å². The summed E-state index contributed by atoms with van der Waals surface area (Å²) < 4.78 is 65.5. The molecule has 0 aliphatic rings. The van der Waals surface area contributed by atoms with E-state index in [1.165, 1.54) is 7.05 Å². The van der Waals surface area contributed by atoms with Crippen LogP contribution in [0.3, 0.4) is 0 Å². The number of amides is 1. The molecule has 0 fully saturated rings. The zero-order chi connectivity index (χ0) is 16.2. The summed E-state index contributed by atoms with van der Waals surface area (Å²) in [6, 6.07) is 0. The van der Waals surface area contributed by atoms with Crippen molar-refractivity contribution >= 4 is 13.7 Å². The van der Waals surface area contributed by atoms with Crippen LogP contribution in [0.5, 0.6) is 0 Å². The van der Waals surface area contributed by atoms with E-state index in [1.54, 1.807) is 0 Å². The van der Waals surface area contributed by atoms with E-state index in [9.17, 15) is 9.36 Å². The van der Waals surface area contributed by atoms with Crippen molar-refractivity contribution < 1.29 is 31.2 Å². The topological polar surface area (TPSA) is 73.9 Å². The monoisotopic (exact) mass is 229 g/mol. The third-order valence-corrected chi connectivity index (χ3v) is 2.02. The molecule has 0 atom stereocenters. The number of likely N-dealkylation sites (N-methyl/N-ethyl adjacent to an activating group) is 1. The van der Waals surface area contributed by atoms with Crippen LogP contribution in [0.1, 0.15) is 15.1 Å². The third kappa shape index (κ3) is 4.41. The molecule has 0 aromatic rings. The van der Waals surface area contributed by atoms with Gasteiger partial charge in [-0.2, -0.15) is 0 Å². The van der Waals surface area contributed by atoms with Crippen molar-refractivity contribution in [1.29, 1.82) is 0 Å². The number of hydrogen-bond acceptors (Lipinski definition) is 5. The van der Waals surface area contributed by atoms with Crippen molar-refractivity contribution in [3.63, 3.8) is 0 Å². The molecular weight excluding hydrogens is 209 g/mol. The minimum Gasteiger partial charge on any atom is -0.409 e. The second kappa shape index (κ2) is 5.80. The Morgan fingerprint density at radius 1 is 1.50 bits per heavy atom. The lowest BCUT2D eigenvalue weighted by atomic mass is 10.5. The maximum atomic E-state index is 12.0. The van der Waals surface area contributed by atoms with Gasteiger partial charge in [-0.1, -0.05) is 0 Å². The zero-order valence-electron chi connectivity index (χ0n) is 13.6. The number of carbonyl (C=O) groups excluding carboxylic acids is 1. The fraction of sp³-hybridized carbons (Fsp3) is 0.571. The van der Waals surface area contributed by atoms with Gasteiger partial charge < -0.3 is 9.84 Å². The van der Waals surface area contributed by atoms with Crippen LogP contribution in [-0.4, -0.2) is 27.0 Å². The molecular formula is C7H14NO5P. The molecule has 6 nitrogen and oxygen atoms in total. The van der Waals surface area contributed by atoms with Gasteiger partial charge in [-0.05, 0) is 6.92 Å². The van der Waals surface area contributed by atoms with Crippen molar-refractivity contribution in [3.05, 3.63) is 11.8 Å². The standard InChI is InChI=1S/C7H14NO5P/c1-6(5-7(9)8-2)13-14(10,11-3)12-4/h5H,1-4H3,(H,8,9)/b6-5+/i3D3,4D3. The maximum Gasteiger partial charge on any atom is 0.529 e. The van der Waals surface area contributed by atoms with Gasteiger partial charge >= 0.3 is 7.82 Å². The summed E-state index contributed by atoms with van der Waals surface area (Å²) in [7, 11) is -10.1. The fourth-order valence-electron chi connectivity index (χ4n) is 0.515. The smallest absolute Gasteiger partial charge is 0.409 e. The number of phosphoric acid groups is 1. The second-order valence-electron chi connectivity index (χ2n) is 2.09. The summed E-state index contributed by atoms with van der Waals surface area (Å²) in [5, 5.41) is 2.19. The minimum absolute atomic E-state index is 0.346. The molecule has 1 amide bonds. The van der Waals surface area contributed by atoms with Gasteiger partial charge in [0.15, 0.2) is 0 Å². The average Bonchev–Trinajstić information content (AvgIpc) is 2.09. The molecule has 82 valence electrons. The van der Waals surface area contributed by atoms with E-state index < -0.39 is 27.8 Å². The second-order valence-corrected chi connectivity index (χ2v) is 3.53. The van der Waals surface area contributed by atoms with Crippen LogP contribution in [0.2, 0.25) is 0 Å². The highest BCUT2D eigenvalue weighted by Gasteiger charge is 2.24. The summed E-state index contributed by atoms with van der Waals surface area (Å²) in [6.45, 7) is 1.15. The summed E-state index contributed by atoms with van der Waals surface area (Å²) >= 11 is 0. The van der Waals surface area contributed by atoms with Crippen molar-refractivity contribution in [2.45, 2.75) is 6.92 Å². The zero-order valence-corrected chi connectivity index (χ0v) is 8.46. The Hall–Kier alpha value is -0.840. The van der Waals surface area contributed by atoms with E-state index in [4.69, 9.17) is 8.22 Å². The van der Waals surface area contributed by atoms with Crippen LogP contribution in [0.25, 0.3) is 0 Å². The number of nitrogens with one attached hydrogen (secondary N) is 1. The van der Waals surface area contributed by atoms with Crippen LogP contribution >= 0.6 is 7.82 Å². The van der Waals surface area contributed by atoms with Gasteiger partial charge in [-0.3, -0.25) is 13.8 Å². The quantitative estimate of drug-likeness (QED) is 0.433. The summed E-state index contributed by atoms with van der Waals surface area (Å²) in [5.74, 6) is -0.988. The number of phosphoric ester groups is 1. The van der Waals surface area contributed by atoms with Crippen LogP contribution in [-0.2, 0) is 22.9 Å². The number of allylic oxidation sites excluding steroid dienone is 1. The van der Waals surface area contributed by atoms with Gasteiger partial charge in [-0.15, -0.1) is 0 Å². The molecule has 0 aliphatic heterocycles. The highest BCUT2D eigenvalue weighted by atomic mass is 31.2. The van der Waals surface area contributed by atoms with Gasteiger partial charge in [0.2, 0.25) is 5.91 Å². The van der Waals surface area contributed by atoms with Gasteiger partial charge in [0.05, 0.1) is 8.22 Å². The van der Waals surface area contributed by atoms with E-state index in [-0.39, 0.29) is 5.76 Å². The van der Waals surface area contributed by atoms with Crippen LogP contribution in [0.15, 0.2) is 11.8 Å². The molecule has 0 saturated heterocycles. The number of hydrogen-bond donors (Lipinski definition) is 1. The van der Waals surface area contributed by atoms with Crippen LogP contribution in [0.4, 0.5) is 0 Å². The van der Waals surface area contributed by atoms with Gasteiger partial charge in [0.1, 0.15) is 5.76 Å². The summed E-state index contributed by atoms with van der Waals surface area (Å²) in [6.07, 6.45) is 0.818. The lowest BCUT2D eigenvalue weighted by molar-refractivity contribution is -0.116. The largest absolute Gasteiger partial charge is 0.529 e. The molecule has 0 aliphatic carbocycles. The van der Waals surface area contributed by atoms with Gasteiger partial charge in [-0.25, -0.2) is 4.57 Å². The SMILES string of the molecule is [2H]C([2H])([2H])OP(=O)(O/C(C)=C/C(=O)NC)OC([2H])([2H])[2H]. The lowest BCUT2D eigenvalue weighted by Crippen LogP contribution is -2.15. The molecule has 14 heavy (non-hydrogen) atoms. The highest BCUT2D eigenvalue weighted by molar-refractivity contribution is 7.48. The molecule has 0 radical (unpaired) electrons. The molecule has 0 rings (SSSR count). The maximum absolute atomic E-state index is 12.0. The first kappa shape index (κ1) is 5.90.